The van der Waals surface area contributed by atoms with E-state index in [1.807, 2.05) is 13.0 Å². The van der Waals surface area contributed by atoms with Gasteiger partial charge >= 0.3 is 5.97 Å². The Morgan fingerprint density at radius 2 is 2.20 bits per heavy atom. The van der Waals surface area contributed by atoms with E-state index in [4.69, 9.17) is 4.74 Å². The number of methoxy groups -OCH3 is 1. The van der Waals surface area contributed by atoms with Crippen molar-refractivity contribution < 1.29 is 17.9 Å². The van der Waals surface area contributed by atoms with E-state index in [1.165, 1.54) is 22.8 Å². The Bertz CT molecular complexity index is 579. The molecule has 2 rings (SSSR count). The molecule has 1 aromatic rings. The number of sulfonamides is 1. The van der Waals surface area contributed by atoms with Gasteiger partial charge in [0.15, 0.2) is 0 Å². The Morgan fingerprint density at radius 3 is 2.80 bits per heavy atom. The maximum Gasteiger partial charge on any atom is 0.324 e. The molecule has 0 N–H and O–H groups in total. The SMILES string of the molecule is CCc1ccc(S(=O)(=O)N2CCCCC2C(=O)OC)s1. The lowest BCUT2D eigenvalue weighted by atomic mass is 10.1. The molecule has 1 aliphatic rings. The third-order valence-electron chi connectivity index (χ3n) is 3.48. The number of hydrogen-bond donors (Lipinski definition) is 0. The molecule has 0 aliphatic carbocycles. The first-order chi connectivity index (χ1) is 9.50. The molecule has 1 aliphatic heterocycles. The molecular weight excluding hydrogens is 298 g/mol. The fourth-order valence-electron chi connectivity index (χ4n) is 2.37. The van der Waals surface area contributed by atoms with E-state index in [9.17, 15) is 13.2 Å². The molecule has 5 nitrogen and oxygen atoms in total. The normalized spacial score (nSPS) is 20.8. The van der Waals surface area contributed by atoms with Gasteiger partial charge in [-0.2, -0.15) is 4.31 Å². The van der Waals surface area contributed by atoms with Crippen LogP contribution in [0.3, 0.4) is 0 Å². The Morgan fingerprint density at radius 1 is 1.45 bits per heavy atom. The summed E-state index contributed by atoms with van der Waals surface area (Å²) in [5.41, 5.74) is 0. The first-order valence-corrected chi connectivity index (χ1v) is 8.94. The number of thiophene rings is 1. The van der Waals surface area contributed by atoms with Crippen molar-refractivity contribution in [1.82, 2.24) is 4.31 Å². The topological polar surface area (TPSA) is 63.7 Å². The number of carbonyl (C=O) groups excluding carboxylic acids is 1. The van der Waals surface area contributed by atoms with Crippen LogP contribution in [0.5, 0.6) is 0 Å². The van der Waals surface area contributed by atoms with Crippen LogP contribution in [-0.4, -0.2) is 38.4 Å². The van der Waals surface area contributed by atoms with E-state index in [2.05, 4.69) is 0 Å². The fourth-order valence-corrected chi connectivity index (χ4v) is 5.44. The molecule has 1 atom stereocenters. The second-order valence-electron chi connectivity index (χ2n) is 4.72. The molecule has 2 heterocycles. The van der Waals surface area contributed by atoms with Crippen molar-refractivity contribution in [2.45, 2.75) is 42.9 Å². The minimum Gasteiger partial charge on any atom is -0.468 e. The van der Waals surface area contributed by atoms with E-state index >= 15 is 0 Å². The zero-order chi connectivity index (χ0) is 14.8. The third-order valence-corrected chi connectivity index (χ3v) is 7.08. The van der Waals surface area contributed by atoms with Crippen molar-refractivity contribution in [3.8, 4) is 0 Å². The van der Waals surface area contributed by atoms with Crippen LogP contribution < -0.4 is 0 Å². The van der Waals surface area contributed by atoms with Gasteiger partial charge in [-0.3, -0.25) is 4.79 Å². The molecule has 0 saturated carbocycles. The maximum atomic E-state index is 12.7. The monoisotopic (exact) mass is 317 g/mol. The summed E-state index contributed by atoms with van der Waals surface area (Å²) in [5.74, 6) is -0.472. The maximum absolute atomic E-state index is 12.7. The van der Waals surface area contributed by atoms with Crippen molar-refractivity contribution in [3.05, 3.63) is 17.0 Å². The molecule has 0 spiro atoms. The highest BCUT2D eigenvalue weighted by Gasteiger charge is 2.38. The summed E-state index contributed by atoms with van der Waals surface area (Å²) >= 11 is 1.27. The van der Waals surface area contributed by atoms with Gasteiger partial charge < -0.3 is 4.74 Å². The van der Waals surface area contributed by atoms with E-state index in [1.54, 1.807) is 6.07 Å². The lowest BCUT2D eigenvalue weighted by Crippen LogP contribution is -2.48. The Labute approximate surface area is 123 Å². The summed E-state index contributed by atoms with van der Waals surface area (Å²) in [5, 5.41) is 0. The van der Waals surface area contributed by atoms with Gasteiger partial charge in [-0.15, -0.1) is 11.3 Å². The number of carbonyl (C=O) groups is 1. The molecule has 0 amide bonds. The summed E-state index contributed by atoms with van der Waals surface area (Å²) in [6.45, 7) is 2.36. The lowest BCUT2D eigenvalue weighted by molar-refractivity contribution is -0.146. The smallest absolute Gasteiger partial charge is 0.324 e. The number of aryl methyl sites for hydroxylation is 1. The van der Waals surface area contributed by atoms with E-state index in [0.717, 1.165) is 24.1 Å². The van der Waals surface area contributed by atoms with Crippen LogP contribution in [0.4, 0.5) is 0 Å². The van der Waals surface area contributed by atoms with Gasteiger partial charge in [-0.05, 0) is 37.8 Å². The average Bonchev–Trinajstić information content (AvgIpc) is 2.96. The van der Waals surface area contributed by atoms with Crippen LogP contribution in [0.1, 0.15) is 31.1 Å². The van der Waals surface area contributed by atoms with Gasteiger partial charge in [0, 0.05) is 11.4 Å². The van der Waals surface area contributed by atoms with Crippen molar-refractivity contribution in [1.29, 1.82) is 0 Å². The molecule has 0 radical (unpaired) electrons. The van der Waals surface area contributed by atoms with Crippen LogP contribution in [0.15, 0.2) is 16.3 Å². The average molecular weight is 317 g/mol. The summed E-state index contributed by atoms with van der Waals surface area (Å²) in [6.07, 6.45) is 2.95. The Balaban J connectivity index is 2.32. The zero-order valence-electron chi connectivity index (χ0n) is 11.7. The second-order valence-corrected chi connectivity index (χ2v) is 8.01. The van der Waals surface area contributed by atoms with Gasteiger partial charge in [-0.1, -0.05) is 6.92 Å². The minimum atomic E-state index is -3.60. The van der Waals surface area contributed by atoms with Gasteiger partial charge in [0.1, 0.15) is 10.3 Å². The number of rotatable bonds is 4. The molecular formula is C13H19NO4S2. The summed E-state index contributed by atoms with van der Waals surface area (Å²) in [4.78, 5) is 12.8. The molecule has 1 aromatic heterocycles. The molecule has 0 aromatic carbocycles. The third kappa shape index (κ3) is 2.89. The molecule has 1 fully saturated rings. The lowest BCUT2D eigenvalue weighted by Gasteiger charge is -2.32. The standard InChI is InChI=1S/C13H19NO4S2/c1-3-10-7-8-12(19-10)20(16,17)14-9-5-4-6-11(14)13(15)18-2/h7-8,11H,3-6,9H2,1-2H3. The van der Waals surface area contributed by atoms with Gasteiger partial charge in [0.2, 0.25) is 0 Å². The quantitative estimate of drug-likeness (QED) is 0.797. The highest BCUT2D eigenvalue weighted by molar-refractivity contribution is 7.91. The van der Waals surface area contributed by atoms with E-state index < -0.39 is 22.0 Å². The molecule has 1 saturated heterocycles. The number of esters is 1. The van der Waals surface area contributed by atoms with Crippen molar-refractivity contribution >= 4 is 27.3 Å². The van der Waals surface area contributed by atoms with Gasteiger partial charge in [-0.25, -0.2) is 8.42 Å². The molecule has 7 heteroatoms. The molecule has 1 unspecified atom stereocenters. The second kappa shape index (κ2) is 6.24. The van der Waals surface area contributed by atoms with E-state index in [-0.39, 0.29) is 0 Å². The Kier molecular flexibility index (Phi) is 4.82. The minimum absolute atomic E-state index is 0.310. The molecule has 112 valence electrons. The number of piperidine rings is 1. The summed E-state index contributed by atoms with van der Waals surface area (Å²) < 4.78 is 31.7. The first kappa shape index (κ1) is 15.5. The fraction of sp³-hybridized carbons (Fsp3) is 0.615. The van der Waals surface area contributed by atoms with Gasteiger partial charge in [0.05, 0.1) is 7.11 Å². The number of nitrogens with zero attached hydrogens (tertiary/aromatic N) is 1. The first-order valence-electron chi connectivity index (χ1n) is 6.69. The van der Waals surface area contributed by atoms with Crippen LogP contribution in [0.25, 0.3) is 0 Å². The largest absolute Gasteiger partial charge is 0.468 e. The molecule has 0 bridgehead atoms. The zero-order valence-corrected chi connectivity index (χ0v) is 13.3. The Hall–Kier alpha value is -0.920. The van der Waals surface area contributed by atoms with Crippen LogP contribution in [-0.2, 0) is 26.0 Å². The van der Waals surface area contributed by atoms with Crippen LogP contribution in [0, 0.1) is 0 Å². The summed E-state index contributed by atoms with van der Waals surface area (Å²) in [6, 6.07) is 2.77. The highest BCUT2D eigenvalue weighted by Crippen LogP contribution is 2.30. The summed E-state index contributed by atoms with van der Waals surface area (Å²) in [7, 11) is -2.31. The van der Waals surface area contributed by atoms with Crippen LogP contribution in [0.2, 0.25) is 0 Å². The number of ether oxygens (including phenoxy) is 1. The van der Waals surface area contributed by atoms with Crippen molar-refractivity contribution in [2.75, 3.05) is 13.7 Å². The van der Waals surface area contributed by atoms with Crippen molar-refractivity contribution in [3.63, 3.8) is 0 Å². The number of hydrogen-bond acceptors (Lipinski definition) is 5. The van der Waals surface area contributed by atoms with Gasteiger partial charge in [0.25, 0.3) is 10.0 Å². The molecule has 20 heavy (non-hydrogen) atoms. The van der Waals surface area contributed by atoms with Crippen LogP contribution >= 0.6 is 11.3 Å². The van der Waals surface area contributed by atoms with E-state index in [0.29, 0.717) is 17.2 Å². The van der Waals surface area contributed by atoms with Crippen molar-refractivity contribution in [2.24, 2.45) is 0 Å². The highest BCUT2D eigenvalue weighted by atomic mass is 32.2. The predicted octanol–water partition coefficient (Wildman–Crippen LogP) is 2.03. The predicted molar refractivity (Wildman–Crippen MR) is 77.2 cm³/mol.